The Morgan fingerprint density at radius 2 is 1.59 bits per heavy atom. The molecular formula is C14H28N2O. The molecular weight excluding hydrogens is 212 g/mol. The fourth-order valence-corrected chi connectivity index (χ4v) is 2.61. The van der Waals surface area contributed by atoms with Crippen LogP contribution in [0.3, 0.4) is 0 Å². The number of hydrogen-bond donors (Lipinski definition) is 0. The van der Waals surface area contributed by atoms with Crippen molar-refractivity contribution in [2.24, 2.45) is 5.41 Å². The Bertz CT molecular complexity index is 286. The van der Waals surface area contributed by atoms with Crippen molar-refractivity contribution >= 4 is 5.91 Å². The molecule has 1 rings (SSSR count). The maximum Gasteiger partial charge on any atom is 0.228 e. The van der Waals surface area contributed by atoms with Crippen molar-refractivity contribution in [2.45, 2.75) is 60.0 Å². The van der Waals surface area contributed by atoms with Gasteiger partial charge in [0.15, 0.2) is 0 Å². The van der Waals surface area contributed by atoms with Crippen LogP contribution in [0, 0.1) is 5.41 Å². The van der Waals surface area contributed by atoms with Gasteiger partial charge in [0.05, 0.1) is 0 Å². The second-order valence-electron chi connectivity index (χ2n) is 7.21. The van der Waals surface area contributed by atoms with Gasteiger partial charge in [0, 0.05) is 36.6 Å². The van der Waals surface area contributed by atoms with Crippen LogP contribution in [0.25, 0.3) is 0 Å². The molecule has 0 aromatic rings. The van der Waals surface area contributed by atoms with Crippen molar-refractivity contribution in [1.29, 1.82) is 0 Å². The lowest BCUT2D eigenvalue weighted by Crippen LogP contribution is -2.60. The van der Waals surface area contributed by atoms with Crippen LogP contribution in [0.4, 0.5) is 0 Å². The molecule has 3 heteroatoms. The molecule has 1 atom stereocenters. The monoisotopic (exact) mass is 240 g/mol. The van der Waals surface area contributed by atoms with Gasteiger partial charge in [0.2, 0.25) is 5.91 Å². The smallest absolute Gasteiger partial charge is 0.228 e. The quantitative estimate of drug-likeness (QED) is 0.649. The summed E-state index contributed by atoms with van der Waals surface area (Å²) in [4.78, 5) is 16.7. The predicted octanol–water partition coefficient (Wildman–Crippen LogP) is 2.36. The molecule has 0 aliphatic carbocycles. The minimum Gasteiger partial charge on any atom is -0.339 e. The number of piperazine rings is 1. The number of carbonyl (C=O) groups excluding carboxylic acids is 1. The second-order valence-corrected chi connectivity index (χ2v) is 7.21. The van der Waals surface area contributed by atoms with Gasteiger partial charge in [-0.1, -0.05) is 20.8 Å². The zero-order chi connectivity index (χ0) is 13.4. The zero-order valence-corrected chi connectivity index (χ0v) is 12.5. The van der Waals surface area contributed by atoms with E-state index in [1.54, 1.807) is 0 Å². The predicted molar refractivity (Wildman–Crippen MR) is 72.0 cm³/mol. The molecule has 0 unspecified atom stereocenters. The van der Waals surface area contributed by atoms with Gasteiger partial charge in [-0.25, -0.2) is 0 Å². The van der Waals surface area contributed by atoms with E-state index in [1.807, 2.05) is 25.7 Å². The summed E-state index contributed by atoms with van der Waals surface area (Å²) in [5, 5.41) is 0. The molecule has 0 aromatic heterocycles. The maximum absolute atomic E-state index is 12.2. The lowest BCUT2D eigenvalue weighted by molar-refractivity contribution is -0.143. The van der Waals surface area contributed by atoms with Gasteiger partial charge in [0.25, 0.3) is 0 Å². The van der Waals surface area contributed by atoms with Crippen LogP contribution in [-0.2, 0) is 4.79 Å². The highest BCUT2D eigenvalue weighted by Gasteiger charge is 2.35. The molecule has 1 amide bonds. The van der Waals surface area contributed by atoms with E-state index in [2.05, 4.69) is 32.6 Å². The first-order valence-corrected chi connectivity index (χ1v) is 6.59. The standard InChI is InChI=1S/C14H28N2O/c1-11-10-15(12(17)13(2,3)4)8-9-16(11)14(5,6)7/h11H,8-10H2,1-7H3/t11-/m1/s1. The van der Waals surface area contributed by atoms with E-state index in [-0.39, 0.29) is 16.9 Å². The van der Waals surface area contributed by atoms with E-state index in [9.17, 15) is 4.79 Å². The summed E-state index contributed by atoms with van der Waals surface area (Å²) in [6.45, 7) is 17.6. The van der Waals surface area contributed by atoms with Crippen molar-refractivity contribution in [3.63, 3.8) is 0 Å². The summed E-state index contributed by atoms with van der Waals surface area (Å²) < 4.78 is 0. The molecule has 1 aliphatic heterocycles. The zero-order valence-electron chi connectivity index (χ0n) is 12.5. The summed E-state index contributed by atoms with van der Waals surface area (Å²) in [5.74, 6) is 0.276. The van der Waals surface area contributed by atoms with Crippen LogP contribution in [0.2, 0.25) is 0 Å². The minimum atomic E-state index is -0.260. The SMILES string of the molecule is C[C@@H]1CN(C(=O)C(C)(C)C)CCN1C(C)(C)C. The maximum atomic E-state index is 12.2. The number of nitrogens with zero attached hydrogens (tertiary/aromatic N) is 2. The Labute approximate surface area is 106 Å². The van der Waals surface area contributed by atoms with Crippen LogP contribution in [0.1, 0.15) is 48.5 Å². The highest BCUT2D eigenvalue weighted by atomic mass is 16.2. The first kappa shape index (κ1) is 14.5. The van der Waals surface area contributed by atoms with Gasteiger partial charge in [-0.2, -0.15) is 0 Å². The summed E-state index contributed by atoms with van der Waals surface area (Å²) in [6.07, 6.45) is 0. The van der Waals surface area contributed by atoms with Crippen molar-refractivity contribution in [1.82, 2.24) is 9.80 Å². The van der Waals surface area contributed by atoms with Gasteiger partial charge >= 0.3 is 0 Å². The molecule has 0 N–H and O–H groups in total. The highest BCUT2D eigenvalue weighted by molar-refractivity contribution is 5.81. The highest BCUT2D eigenvalue weighted by Crippen LogP contribution is 2.24. The van der Waals surface area contributed by atoms with Gasteiger partial charge in [0.1, 0.15) is 0 Å². The van der Waals surface area contributed by atoms with E-state index in [1.165, 1.54) is 0 Å². The van der Waals surface area contributed by atoms with Gasteiger partial charge in [-0.05, 0) is 27.7 Å². The molecule has 1 fully saturated rings. The van der Waals surface area contributed by atoms with Crippen LogP contribution >= 0.6 is 0 Å². The summed E-state index contributed by atoms with van der Waals surface area (Å²) in [5.41, 5.74) is -0.0695. The first-order valence-electron chi connectivity index (χ1n) is 6.59. The fourth-order valence-electron chi connectivity index (χ4n) is 2.61. The van der Waals surface area contributed by atoms with Crippen molar-refractivity contribution in [3.05, 3.63) is 0 Å². The molecule has 100 valence electrons. The Kier molecular flexibility index (Phi) is 3.92. The van der Waals surface area contributed by atoms with Crippen LogP contribution in [-0.4, -0.2) is 46.9 Å². The molecule has 0 radical (unpaired) electrons. The normalized spacial score (nSPS) is 23.9. The summed E-state index contributed by atoms with van der Waals surface area (Å²) >= 11 is 0. The van der Waals surface area contributed by atoms with Crippen LogP contribution in [0.5, 0.6) is 0 Å². The Balaban J connectivity index is 2.68. The number of carbonyl (C=O) groups is 1. The summed E-state index contributed by atoms with van der Waals surface area (Å²) in [7, 11) is 0. The second kappa shape index (κ2) is 4.60. The van der Waals surface area contributed by atoms with Crippen molar-refractivity contribution in [2.75, 3.05) is 19.6 Å². The molecule has 0 saturated carbocycles. The van der Waals surface area contributed by atoms with Crippen LogP contribution in [0.15, 0.2) is 0 Å². The topological polar surface area (TPSA) is 23.6 Å². The molecule has 0 aromatic carbocycles. The lowest BCUT2D eigenvalue weighted by Gasteiger charge is -2.47. The number of rotatable bonds is 0. The van der Waals surface area contributed by atoms with E-state index >= 15 is 0 Å². The Morgan fingerprint density at radius 1 is 1.06 bits per heavy atom. The van der Waals surface area contributed by atoms with Crippen LogP contribution < -0.4 is 0 Å². The Morgan fingerprint density at radius 3 is 1.94 bits per heavy atom. The number of amides is 1. The van der Waals surface area contributed by atoms with Gasteiger partial charge in [-0.15, -0.1) is 0 Å². The van der Waals surface area contributed by atoms with E-state index < -0.39 is 0 Å². The molecule has 3 nitrogen and oxygen atoms in total. The van der Waals surface area contributed by atoms with Gasteiger partial charge < -0.3 is 4.90 Å². The molecule has 1 aliphatic rings. The van der Waals surface area contributed by atoms with Crippen molar-refractivity contribution < 1.29 is 4.79 Å². The first-order chi connectivity index (χ1) is 7.53. The van der Waals surface area contributed by atoms with Crippen molar-refractivity contribution in [3.8, 4) is 0 Å². The molecule has 17 heavy (non-hydrogen) atoms. The fraction of sp³-hybridized carbons (Fsp3) is 0.929. The molecule has 0 bridgehead atoms. The lowest BCUT2D eigenvalue weighted by atomic mass is 9.93. The third kappa shape index (κ3) is 3.44. The van der Waals surface area contributed by atoms with E-state index in [4.69, 9.17) is 0 Å². The van der Waals surface area contributed by atoms with E-state index in [0.717, 1.165) is 19.6 Å². The number of hydrogen-bond acceptors (Lipinski definition) is 2. The van der Waals surface area contributed by atoms with E-state index in [0.29, 0.717) is 6.04 Å². The Hall–Kier alpha value is -0.570. The third-order valence-electron chi connectivity index (χ3n) is 3.42. The third-order valence-corrected chi connectivity index (χ3v) is 3.42. The average molecular weight is 240 g/mol. The largest absolute Gasteiger partial charge is 0.339 e. The molecule has 1 saturated heterocycles. The molecule has 1 heterocycles. The molecule has 0 spiro atoms. The van der Waals surface area contributed by atoms with Gasteiger partial charge in [-0.3, -0.25) is 9.69 Å². The minimum absolute atomic E-state index is 0.191. The average Bonchev–Trinajstić information content (AvgIpc) is 2.12. The summed E-state index contributed by atoms with van der Waals surface area (Å²) in [6, 6.07) is 0.440.